The maximum Gasteiger partial charge on any atom is 0.252 e. The monoisotopic (exact) mass is 299 g/mol. The van der Waals surface area contributed by atoms with Gasteiger partial charge < -0.3 is 10.1 Å². The second-order valence-electron chi connectivity index (χ2n) is 3.78. The summed E-state index contributed by atoms with van der Waals surface area (Å²) in [6.07, 6.45) is 3.31. The Morgan fingerprint density at radius 2 is 2.18 bits per heavy atom. The third-order valence-electron chi connectivity index (χ3n) is 2.49. The van der Waals surface area contributed by atoms with E-state index in [9.17, 15) is 4.79 Å². The average molecular weight is 300 g/mol. The fraction of sp³-hybridized carbons (Fsp3) is 0.462. The summed E-state index contributed by atoms with van der Waals surface area (Å²) in [5, 5.41) is 2.90. The second-order valence-corrected chi connectivity index (χ2v) is 4.58. The van der Waals surface area contributed by atoms with Crippen molar-refractivity contribution in [3.8, 4) is 5.75 Å². The second kappa shape index (κ2) is 7.33. The van der Waals surface area contributed by atoms with E-state index in [2.05, 4.69) is 28.2 Å². The lowest BCUT2D eigenvalue weighted by atomic mass is 10.2. The highest BCUT2D eigenvalue weighted by atomic mass is 79.9. The lowest BCUT2D eigenvalue weighted by Gasteiger charge is -2.09. The van der Waals surface area contributed by atoms with E-state index in [1.54, 1.807) is 13.2 Å². The zero-order chi connectivity index (χ0) is 12.7. The fourth-order valence-corrected chi connectivity index (χ4v) is 2.12. The molecule has 0 bridgehead atoms. The minimum absolute atomic E-state index is 0.0631. The molecule has 94 valence electrons. The number of carbonyl (C=O) groups is 1. The van der Waals surface area contributed by atoms with E-state index < -0.39 is 0 Å². The summed E-state index contributed by atoms with van der Waals surface area (Å²) in [4.78, 5) is 11.9. The number of carbonyl (C=O) groups excluding carboxylic acids is 1. The smallest absolute Gasteiger partial charge is 0.252 e. The molecule has 0 aliphatic carbocycles. The zero-order valence-electron chi connectivity index (χ0n) is 10.3. The summed E-state index contributed by atoms with van der Waals surface area (Å²) < 4.78 is 5.86. The van der Waals surface area contributed by atoms with Crippen LogP contribution in [-0.2, 0) is 0 Å². The molecular weight excluding hydrogens is 282 g/mol. The molecule has 17 heavy (non-hydrogen) atoms. The largest absolute Gasteiger partial charge is 0.496 e. The van der Waals surface area contributed by atoms with Gasteiger partial charge in [0.05, 0.1) is 17.1 Å². The van der Waals surface area contributed by atoms with E-state index in [1.807, 2.05) is 12.1 Å². The Hall–Kier alpha value is -1.03. The number of unbranched alkanes of at least 4 members (excludes halogenated alkanes) is 2. The highest BCUT2D eigenvalue weighted by molar-refractivity contribution is 9.10. The van der Waals surface area contributed by atoms with Crippen molar-refractivity contribution in [2.45, 2.75) is 26.2 Å². The van der Waals surface area contributed by atoms with Gasteiger partial charge in [0.25, 0.3) is 5.91 Å². The topological polar surface area (TPSA) is 38.3 Å². The molecule has 0 radical (unpaired) electrons. The Morgan fingerprint density at radius 3 is 2.82 bits per heavy atom. The molecular formula is C13H18BrNO2. The van der Waals surface area contributed by atoms with Crippen LogP contribution in [0.25, 0.3) is 0 Å². The highest BCUT2D eigenvalue weighted by Gasteiger charge is 2.12. The van der Waals surface area contributed by atoms with Gasteiger partial charge in [-0.3, -0.25) is 4.79 Å². The zero-order valence-corrected chi connectivity index (χ0v) is 11.8. The Bertz CT molecular complexity index is 380. The summed E-state index contributed by atoms with van der Waals surface area (Å²) in [5.74, 6) is 0.609. The van der Waals surface area contributed by atoms with Gasteiger partial charge in [0.2, 0.25) is 0 Å². The van der Waals surface area contributed by atoms with Gasteiger partial charge in [-0.25, -0.2) is 0 Å². The molecule has 0 heterocycles. The molecule has 3 nitrogen and oxygen atoms in total. The molecule has 0 spiro atoms. The van der Waals surface area contributed by atoms with Gasteiger partial charge in [0, 0.05) is 6.54 Å². The molecule has 0 aliphatic heterocycles. The first-order chi connectivity index (χ1) is 8.20. The van der Waals surface area contributed by atoms with Crippen molar-refractivity contribution in [3.05, 3.63) is 28.2 Å². The number of hydrogen-bond donors (Lipinski definition) is 1. The summed E-state index contributed by atoms with van der Waals surface area (Å²) in [6, 6.07) is 5.41. The van der Waals surface area contributed by atoms with Crippen LogP contribution in [0, 0.1) is 0 Å². The predicted molar refractivity (Wildman–Crippen MR) is 72.6 cm³/mol. The average Bonchev–Trinajstić information content (AvgIpc) is 2.34. The number of ether oxygens (including phenoxy) is 1. The van der Waals surface area contributed by atoms with Crippen molar-refractivity contribution in [1.82, 2.24) is 5.32 Å². The van der Waals surface area contributed by atoms with Crippen LogP contribution in [0.15, 0.2) is 22.7 Å². The van der Waals surface area contributed by atoms with Crippen LogP contribution in [0.2, 0.25) is 0 Å². The molecule has 1 N–H and O–H groups in total. The lowest BCUT2D eigenvalue weighted by molar-refractivity contribution is 0.0952. The first kappa shape index (κ1) is 14.0. The van der Waals surface area contributed by atoms with Gasteiger partial charge >= 0.3 is 0 Å². The number of nitrogens with one attached hydrogen (secondary N) is 1. The first-order valence-corrected chi connectivity index (χ1v) is 6.60. The Morgan fingerprint density at radius 1 is 1.41 bits per heavy atom. The fourth-order valence-electron chi connectivity index (χ4n) is 1.52. The molecule has 0 saturated carbocycles. The third kappa shape index (κ3) is 4.04. The Kier molecular flexibility index (Phi) is 6.05. The molecule has 1 aromatic rings. The lowest BCUT2D eigenvalue weighted by Crippen LogP contribution is -2.24. The van der Waals surface area contributed by atoms with Crippen LogP contribution in [-0.4, -0.2) is 19.6 Å². The van der Waals surface area contributed by atoms with Crippen LogP contribution in [0.3, 0.4) is 0 Å². The van der Waals surface area contributed by atoms with Crippen molar-refractivity contribution in [2.24, 2.45) is 0 Å². The summed E-state index contributed by atoms with van der Waals surface area (Å²) in [7, 11) is 1.59. The molecule has 0 unspecified atom stereocenters. The quantitative estimate of drug-likeness (QED) is 0.818. The van der Waals surface area contributed by atoms with Crippen LogP contribution in [0.4, 0.5) is 0 Å². The first-order valence-electron chi connectivity index (χ1n) is 5.81. The number of methoxy groups -OCH3 is 1. The summed E-state index contributed by atoms with van der Waals surface area (Å²) >= 11 is 3.38. The minimum atomic E-state index is -0.0631. The molecule has 0 atom stereocenters. The standard InChI is InChI=1S/C13H18BrNO2/c1-3-4-5-9-15-13(16)10-7-6-8-11(17-2)12(10)14/h6-8H,3-5,9H2,1-2H3,(H,15,16). The van der Waals surface area contributed by atoms with E-state index >= 15 is 0 Å². The molecule has 0 fully saturated rings. The SMILES string of the molecule is CCCCCNC(=O)c1cccc(OC)c1Br. The number of halogens is 1. The summed E-state index contributed by atoms with van der Waals surface area (Å²) in [6.45, 7) is 2.86. The van der Waals surface area contributed by atoms with Crippen LogP contribution in [0.5, 0.6) is 5.75 Å². The maximum absolute atomic E-state index is 11.9. The van der Waals surface area contributed by atoms with E-state index in [0.717, 1.165) is 25.8 Å². The van der Waals surface area contributed by atoms with Crippen molar-refractivity contribution in [1.29, 1.82) is 0 Å². The van der Waals surface area contributed by atoms with E-state index in [-0.39, 0.29) is 5.91 Å². The van der Waals surface area contributed by atoms with Crippen molar-refractivity contribution >= 4 is 21.8 Å². The number of amides is 1. The maximum atomic E-state index is 11.9. The van der Waals surface area contributed by atoms with Gasteiger partial charge in [-0.15, -0.1) is 0 Å². The Balaban J connectivity index is 2.62. The molecule has 1 amide bonds. The minimum Gasteiger partial charge on any atom is -0.496 e. The van der Waals surface area contributed by atoms with Gasteiger partial charge in [0.15, 0.2) is 0 Å². The molecule has 0 saturated heterocycles. The van der Waals surface area contributed by atoms with Crippen molar-refractivity contribution in [3.63, 3.8) is 0 Å². The van der Waals surface area contributed by atoms with Crippen molar-refractivity contribution < 1.29 is 9.53 Å². The summed E-state index contributed by atoms with van der Waals surface area (Å²) in [5.41, 5.74) is 0.612. The molecule has 1 rings (SSSR count). The third-order valence-corrected chi connectivity index (χ3v) is 3.31. The van der Waals surface area contributed by atoms with Crippen LogP contribution < -0.4 is 10.1 Å². The van der Waals surface area contributed by atoms with Gasteiger partial charge in [-0.05, 0) is 34.5 Å². The Labute approximate surface area is 111 Å². The molecule has 0 aromatic heterocycles. The van der Waals surface area contributed by atoms with Crippen molar-refractivity contribution in [2.75, 3.05) is 13.7 Å². The van der Waals surface area contributed by atoms with Gasteiger partial charge in [-0.2, -0.15) is 0 Å². The van der Waals surface area contributed by atoms with E-state index in [4.69, 9.17) is 4.74 Å². The normalized spacial score (nSPS) is 10.1. The molecule has 1 aromatic carbocycles. The van der Waals surface area contributed by atoms with Crippen LogP contribution in [0.1, 0.15) is 36.5 Å². The highest BCUT2D eigenvalue weighted by Crippen LogP contribution is 2.28. The van der Waals surface area contributed by atoms with E-state index in [0.29, 0.717) is 15.8 Å². The number of benzene rings is 1. The predicted octanol–water partition coefficient (Wildman–Crippen LogP) is 3.38. The number of rotatable bonds is 6. The van der Waals surface area contributed by atoms with Crippen LogP contribution >= 0.6 is 15.9 Å². The van der Waals surface area contributed by atoms with Gasteiger partial charge in [-0.1, -0.05) is 25.8 Å². The molecule has 0 aliphatic rings. The van der Waals surface area contributed by atoms with E-state index in [1.165, 1.54) is 0 Å². The number of hydrogen-bond acceptors (Lipinski definition) is 2. The molecule has 4 heteroatoms. The van der Waals surface area contributed by atoms with Gasteiger partial charge in [0.1, 0.15) is 5.75 Å².